The summed E-state index contributed by atoms with van der Waals surface area (Å²) in [6.45, 7) is 0. The van der Waals surface area contributed by atoms with E-state index in [-0.39, 0.29) is 11.9 Å². The van der Waals surface area contributed by atoms with Crippen molar-refractivity contribution in [2.45, 2.75) is 6.04 Å². The molecule has 0 bridgehead atoms. The first-order valence-corrected chi connectivity index (χ1v) is 5.32. The number of benzene rings is 2. The van der Waals surface area contributed by atoms with Gasteiger partial charge in [0.15, 0.2) is 0 Å². The van der Waals surface area contributed by atoms with Gasteiger partial charge in [-0.3, -0.25) is 0 Å². The van der Waals surface area contributed by atoms with Crippen LogP contribution in [0.3, 0.4) is 0 Å². The zero-order chi connectivity index (χ0) is 11.5. The van der Waals surface area contributed by atoms with Crippen molar-refractivity contribution in [3.63, 3.8) is 0 Å². The van der Waals surface area contributed by atoms with Crippen LogP contribution in [0.25, 0.3) is 0 Å². The van der Waals surface area contributed by atoms with Gasteiger partial charge in [0.1, 0.15) is 5.82 Å². The van der Waals surface area contributed by atoms with E-state index in [4.69, 9.17) is 17.3 Å². The zero-order valence-electron chi connectivity index (χ0n) is 8.53. The van der Waals surface area contributed by atoms with Gasteiger partial charge in [-0.25, -0.2) is 4.39 Å². The van der Waals surface area contributed by atoms with Crippen molar-refractivity contribution in [1.82, 2.24) is 0 Å². The van der Waals surface area contributed by atoms with Gasteiger partial charge in [-0.1, -0.05) is 41.9 Å². The predicted octanol–water partition coefficient (Wildman–Crippen LogP) is 3.53. The molecule has 16 heavy (non-hydrogen) atoms. The number of hydrogen-bond donors (Lipinski definition) is 1. The normalized spacial score (nSPS) is 12.4. The van der Waals surface area contributed by atoms with E-state index in [1.165, 1.54) is 12.1 Å². The average Bonchev–Trinajstić information content (AvgIpc) is 2.30. The summed E-state index contributed by atoms with van der Waals surface area (Å²) in [7, 11) is 0. The second-order valence-corrected chi connectivity index (χ2v) is 3.96. The molecule has 3 heteroatoms. The summed E-state index contributed by atoms with van der Waals surface area (Å²) in [5.41, 5.74) is 7.75. The lowest BCUT2D eigenvalue weighted by Crippen LogP contribution is -2.12. The highest BCUT2D eigenvalue weighted by atomic mass is 35.5. The summed E-state index contributed by atoms with van der Waals surface area (Å²) in [5.74, 6) is -0.268. The summed E-state index contributed by atoms with van der Waals surface area (Å²) >= 11 is 6.05. The monoisotopic (exact) mass is 235 g/mol. The summed E-state index contributed by atoms with van der Waals surface area (Å²) in [4.78, 5) is 0. The molecular formula is C13H11ClFN. The first-order chi connectivity index (χ1) is 7.68. The summed E-state index contributed by atoms with van der Waals surface area (Å²) in [6.07, 6.45) is 0. The van der Waals surface area contributed by atoms with E-state index in [9.17, 15) is 4.39 Å². The summed E-state index contributed by atoms with van der Waals surface area (Å²) in [6, 6.07) is 13.2. The van der Waals surface area contributed by atoms with Crippen molar-refractivity contribution >= 4 is 11.6 Å². The van der Waals surface area contributed by atoms with E-state index >= 15 is 0 Å². The minimum absolute atomic E-state index is 0.268. The second-order valence-electron chi connectivity index (χ2n) is 3.55. The SMILES string of the molecule is N[C@H](c1ccc(F)cc1)c1ccccc1Cl. The van der Waals surface area contributed by atoms with E-state index in [0.29, 0.717) is 5.02 Å². The van der Waals surface area contributed by atoms with E-state index in [0.717, 1.165) is 11.1 Å². The minimum Gasteiger partial charge on any atom is -0.320 e. The van der Waals surface area contributed by atoms with Crippen LogP contribution in [0.1, 0.15) is 17.2 Å². The molecule has 0 aliphatic rings. The molecule has 2 rings (SSSR count). The molecule has 0 aliphatic carbocycles. The fraction of sp³-hybridized carbons (Fsp3) is 0.0769. The highest BCUT2D eigenvalue weighted by molar-refractivity contribution is 6.31. The quantitative estimate of drug-likeness (QED) is 0.847. The Hall–Kier alpha value is -1.38. The maximum Gasteiger partial charge on any atom is 0.123 e. The van der Waals surface area contributed by atoms with Crippen molar-refractivity contribution in [2.24, 2.45) is 5.73 Å². The molecule has 0 aromatic heterocycles. The van der Waals surface area contributed by atoms with Gasteiger partial charge in [0.05, 0.1) is 6.04 Å². The van der Waals surface area contributed by atoms with Crippen LogP contribution in [-0.2, 0) is 0 Å². The molecule has 1 atom stereocenters. The van der Waals surface area contributed by atoms with Crippen LogP contribution in [0, 0.1) is 5.82 Å². The lowest BCUT2D eigenvalue weighted by molar-refractivity contribution is 0.626. The highest BCUT2D eigenvalue weighted by Crippen LogP contribution is 2.26. The Morgan fingerprint density at radius 1 is 1.00 bits per heavy atom. The van der Waals surface area contributed by atoms with E-state index in [1.807, 2.05) is 18.2 Å². The number of rotatable bonds is 2. The Morgan fingerprint density at radius 2 is 1.62 bits per heavy atom. The molecule has 0 spiro atoms. The molecule has 1 nitrogen and oxygen atoms in total. The van der Waals surface area contributed by atoms with E-state index < -0.39 is 0 Å². The molecule has 0 aliphatic heterocycles. The maximum absolute atomic E-state index is 12.8. The molecule has 2 aromatic carbocycles. The number of halogens is 2. The molecule has 0 saturated carbocycles. The largest absolute Gasteiger partial charge is 0.320 e. The molecule has 0 radical (unpaired) electrons. The molecule has 2 aromatic rings. The van der Waals surface area contributed by atoms with Gasteiger partial charge in [0.25, 0.3) is 0 Å². The molecule has 0 fully saturated rings. The smallest absolute Gasteiger partial charge is 0.123 e. The molecule has 0 amide bonds. The highest BCUT2D eigenvalue weighted by Gasteiger charge is 2.11. The Morgan fingerprint density at radius 3 is 2.25 bits per heavy atom. The van der Waals surface area contributed by atoms with Crippen LogP contribution < -0.4 is 5.73 Å². The van der Waals surface area contributed by atoms with Gasteiger partial charge in [-0.15, -0.1) is 0 Å². The first kappa shape index (κ1) is 11.1. The molecule has 82 valence electrons. The minimum atomic E-state index is -0.325. The third-order valence-corrected chi connectivity index (χ3v) is 2.81. The third-order valence-electron chi connectivity index (χ3n) is 2.47. The van der Waals surface area contributed by atoms with Crippen molar-refractivity contribution in [3.8, 4) is 0 Å². The topological polar surface area (TPSA) is 26.0 Å². The predicted molar refractivity (Wildman–Crippen MR) is 63.9 cm³/mol. The van der Waals surface area contributed by atoms with E-state index in [1.54, 1.807) is 18.2 Å². The van der Waals surface area contributed by atoms with Crippen LogP contribution >= 0.6 is 11.6 Å². The zero-order valence-corrected chi connectivity index (χ0v) is 9.29. The van der Waals surface area contributed by atoms with Crippen LogP contribution in [0.5, 0.6) is 0 Å². The lowest BCUT2D eigenvalue weighted by atomic mass is 10.00. The number of nitrogens with two attached hydrogens (primary N) is 1. The lowest BCUT2D eigenvalue weighted by Gasteiger charge is -2.13. The fourth-order valence-electron chi connectivity index (χ4n) is 1.58. The standard InChI is InChI=1S/C13H11ClFN/c14-12-4-2-1-3-11(12)13(16)9-5-7-10(15)8-6-9/h1-8,13H,16H2/t13-/m1/s1. The van der Waals surface area contributed by atoms with Crippen molar-refractivity contribution in [1.29, 1.82) is 0 Å². The summed E-state index contributed by atoms with van der Waals surface area (Å²) in [5, 5.41) is 0.624. The second kappa shape index (κ2) is 4.64. The van der Waals surface area contributed by atoms with Gasteiger partial charge in [0.2, 0.25) is 0 Å². The maximum atomic E-state index is 12.8. The van der Waals surface area contributed by atoms with Crippen LogP contribution in [-0.4, -0.2) is 0 Å². The first-order valence-electron chi connectivity index (χ1n) is 4.94. The van der Waals surface area contributed by atoms with Gasteiger partial charge in [-0.2, -0.15) is 0 Å². The molecule has 0 heterocycles. The Balaban J connectivity index is 2.35. The third kappa shape index (κ3) is 2.23. The average molecular weight is 236 g/mol. The van der Waals surface area contributed by atoms with Crippen molar-refractivity contribution in [2.75, 3.05) is 0 Å². The summed E-state index contributed by atoms with van der Waals surface area (Å²) < 4.78 is 12.8. The van der Waals surface area contributed by atoms with Crippen molar-refractivity contribution in [3.05, 3.63) is 70.5 Å². The van der Waals surface area contributed by atoms with Crippen LogP contribution in [0.4, 0.5) is 4.39 Å². The van der Waals surface area contributed by atoms with Crippen LogP contribution in [0.2, 0.25) is 5.02 Å². The van der Waals surface area contributed by atoms with E-state index in [2.05, 4.69) is 0 Å². The number of hydrogen-bond acceptors (Lipinski definition) is 1. The van der Waals surface area contributed by atoms with Gasteiger partial charge in [-0.05, 0) is 29.3 Å². The van der Waals surface area contributed by atoms with Crippen molar-refractivity contribution < 1.29 is 4.39 Å². The molecule has 0 saturated heterocycles. The Labute approximate surface area is 98.7 Å². The van der Waals surface area contributed by atoms with Gasteiger partial charge >= 0.3 is 0 Å². The van der Waals surface area contributed by atoms with Crippen LogP contribution in [0.15, 0.2) is 48.5 Å². The van der Waals surface area contributed by atoms with Gasteiger partial charge in [0, 0.05) is 5.02 Å². The molecule has 0 unspecified atom stereocenters. The Bertz CT molecular complexity index is 482. The fourth-order valence-corrected chi connectivity index (χ4v) is 1.83. The molecular weight excluding hydrogens is 225 g/mol. The Kier molecular flexibility index (Phi) is 3.22. The molecule has 2 N–H and O–H groups in total. The van der Waals surface area contributed by atoms with Gasteiger partial charge < -0.3 is 5.73 Å².